The van der Waals surface area contributed by atoms with Crippen LogP contribution in [0.5, 0.6) is 0 Å². The third kappa shape index (κ3) is 5.87. The van der Waals surface area contributed by atoms with Crippen LogP contribution >= 0.6 is 11.6 Å². The van der Waals surface area contributed by atoms with Crippen molar-refractivity contribution >= 4 is 17.5 Å². The van der Waals surface area contributed by atoms with E-state index in [0.717, 1.165) is 29.1 Å². The molecular formula is C21H25ClN2O. The van der Waals surface area contributed by atoms with Crippen LogP contribution in [0, 0.1) is 0 Å². The molecule has 0 radical (unpaired) electrons. The number of halogens is 1. The second-order valence-electron chi connectivity index (χ2n) is 6.70. The molecule has 2 aromatic rings. The highest BCUT2D eigenvalue weighted by Crippen LogP contribution is 2.14. The van der Waals surface area contributed by atoms with Crippen LogP contribution in [0.25, 0.3) is 0 Å². The lowest BCUT2D eigenvalue weighted by atomic mass is 10.1. The second kappa shape index (κ2) is 9.02. The molecule has 0 aliphatic carbocycles. The van der Waals surface area contributed by atoms with E-state index in [-0.39, 0.29) is 5.91 Å². The predicted octanol–water partition coefficient (Wildman–Crippen LogP) is 4.18. The maximum Gasteiger partial charge on any atom is 0.220 e. The van der Waals surface area contributed by atoms with Gasteiger partial charge in [-0.1, -0.05) is 48.0 Å². The Morgan fingerprint density at radius 3 is 2.20 bits per heavy atom. The van der Waals surface area contributed by atoms with E-state index in [2.05, 4.69) is 34.5 Å². The minimum Gasteiger partial charge on any atom is -0.352 e. The number of carbonyl (C=O) groups excluding carboxylic acids is 1. The lowest BCUT2D eigenvalue weighted by molar-refractivity contribution is -0.121. The molecule has 1 amide bonds. The molecule has 1 N–H and O–H groups in total. The van der Waals surface area contributed by atoms with E-state index in [9.17, 15) is 4.79 Å². The van der Waals surface area contributed by atoms with Gasteiger partial charge in [-0.15, -0.1) is 0 Å². The molecule has 0 saturated carbocycles. The molecule has 1 aliphatic rings. The Balaban J connectivity index is 1.39. The molecule has 3 rings (SSSR count). The highest BCUT2D eigenvalue weighted by Gasteiger charge is 2.11. The first-order chi connectivity index (χ1) is 12.2. The number of hydrogen-bond donors (Lipinski definition) is 1. The van der Waals surface area contributed by atoms with Crippen LogP contribution in [0.4, 0.5) is 0 Å². The Hall–Kier alpha value is -1.84. The fraction of sp³-hybridized carbons (Fsp3) is 0.381. The van der Waals surface area contributed by atoms with Crippen LogP contribution in [-0.4, -0.2) is 23.9 Å². The third-order valence-corrected chi connectivity index (χ3v) is 4.92. The Kier molecular flexibility index (Phi) is 6.48. The molecule has 1 fully saturated rings. The Bertz CT molecular complexity index is 676. The van der Waals surface area contributed by atoms with E-state index in [4.69, 9.17) is 11.6 Å². The Labute approximate surface area is 155 Å². The molecule has 25 heavy (non-hydrogen) atoms. The first kappa shape index (κ1) is 18.0. The summed E-state index contributed by atoms with van der Waals surface area (Å²) in [5, 5.41) is 3.72. The monoisotopic (exact) mass is 356 g/mol. The first-order valence-corrected chi connectivity index (χ1v) is 9.38. The van der Waals surface area contributed by atoms with Crippen molar-refractivity contribution in [3.05, 3.63) is 70.2 Å². The van der Waals surface area contributed by atoms with E-state index in [1.807, 2.05) is 24.3 Å². The van der Waals surface area contributed by atoms with Gasteiger partial charge >= 0.3 is 0 Å². The fourth-order valence-corrected chi connectivity index (χ4v) is 3.29. The number of hydrogen-bond acceptors (Lipinski definition) is 2. The summed E-state index contributed by atoms with van der Waals surface area (Å²) in [7, 11) is 0. The summed E-state index contributed by atoms with van der Waals surface area (Å²) in [4.78, 5) is 14.5. The molecule has 1 aliphatic heterocycles. The fourth-order valence-electron chi connectivity index (χ4n) is 3.16. The minimum atomic E-state index is 0.0797. The van der Waals surface area contributed by atoms with Gasteiger partial charge < -0.3 is 5.32 Å². The zero-order valence-electron chi connectivity index (χ0n) is 14.5. The van der Waals surface area contributed by atoms with Gasteiger partial charge in [0.05, 0.1) is 0 Å². The van der Waals surface area contributed by atoms with Gasteiger partial charge in [0.25, 0.3) is 0 Å². The topological polar surface area (TPSA) is 32.3 Å². The zero-order chi connectivity index (χ0) is 17.5. The van der Waals surface area contributed by atoms with Gasteiger partial charge in [-0.2, -0.15) is 0 Å². The van der Waals surface area contributed by atoms with Crippen LogP contribution < -0.4 is 5.32 Å². The van der Waals surface area contributed by atoms with Crippen molar-refractivity contribution < 1.29 is 4.79 Å². The molecule has 3 nitrogen and oxygen atoms in total. The summed E-state index contributed by atoms with van der Waals surface area (Å²) >= 11 is 5.87. The van der Waals surface area contributed by atoms with Crippen LogP contribution in [0.3, 0.4) is 0 Å². The van der Waals surface area contributed by atoms with E-state index >= 15 is 0 Å². The standard InChI is InChI=1S/C21H25ClN2O/c22-20-10-7-17(8-11-20)9-12-21(25)23-15-18-3-5-19(6-4-18)16-24-13-1-2-14-24/h3-8,10-11H,1-2,9,12-16H2,(H,23,25). The average Bonchev–Trinajstić information content (AvgIpc) is 3.14. The van der Waals surface area contributed by atoms with Crippen LogP contribution in [0.1, 0.15) is 36.0 Å². The van der Waals surface area contributed by atoms with Crippen molar-refractivity contribution in [3.63, 3.8) is 0 Å². The van der Waals surface area contributed by atoms with Gasteiger partial charge in [0.15, 0.2) is 0 Å². The summed E-state index contributed by atoms with van der Waals surface area (Å²) in [6, 6.07) is 16.2. The van der Waals surface area contributed by atoms with Crippen LogP contribution in [0.15, 0.2) is 48.5 Å². The van der Waals surface area contributed by atoms with Crippen molar-refractivity contribution in [1.82, 2.24) is 10.2 Å². The van der Waals surface area contributed by atoms with Crippen molar-refractivity contribution in [1.29, 1.82) is 0 Å². The summed E-state index contributed by atoms with van der Waals surface area (Å²) in [5.74, 6) is 0.0797. The van der Waals surface area contributed by atoms with E-state index in [1.165, 1.54) is 31.5 Å². The summed E-state index contributed by atoms with van der Waals surface area (Å²) in [6.45, 7) is 4.05. The normalized spacial score (nSPS) is 14.6. The molecule has 0 aromatic heterocycles. The number of amides is 1. The molecule has 0 atom stereocenters. The van der Waals surface area contributed by atoms with Gasteiger partial charge in [-0.05, 0) is 61.2 Å². The molecular weight excluding hydrogens is 332 g/mol. The smallest absolute Gasteiger partial charge is 0.220 e. The van der Waals surface area contributed by atoms with Crippen LogP contribution in [-0.2, 0) is 24.3 Å². The molecule has 0 unspecified atom stereocenters. The number of nitrogens with one attached hydrogen (secondary N) is 1. The summed E-state index contributed by atoms with van der Waals surface area (Å²) in [5.41, 5.74) is 3.62. The number of aryl methyl sites for hydroxylation is 1. The number of carbonyl (C=O) groups is 1. The minimum absolute atomic E-state index is 0.0797. The number of benzene rings is 2. The molecule has 132 valence electrons. The molecule has 0 spiro atoms. The van der Waals surface area contributed by atoms with E-state index in [0.29, 0.717) is 13.0 Å². The lowest BCUT2D eigenvalue weighted by Crippen LogP contribution is -2.23. The van der Waals surface area contributed by atoms with Gasteiger partial charge in [-0.3, -0.25) is 9.69 Å². The molecule has 2 aromatic carbocycles. The van der Waals surface area contributed by atoms with Gasteiger partial charge in [0.2, 0.25) is 5.91 Å². The zero-order valence-corrected chi connectivity index (χ0v) is 15.3. The van der Waals surface area contributed by atoms with Crippen LogP contribution in [0.2, 0.25) is 5.02 Å². The molecule has 1 saturated heterocycles. The second-order valence-corrected chi connectivity index (χ2v) is 7.14. The summed E-state index contributed by atoms with van der Waals surface area (Å²) in [6.07, 6.45) is 3.87. The predicted molar refractivity (Wildman–Crippen MR) is 103 cm³/mol. The molecule has 4 heteroatoms. The van der Waals surface area contributed by atoms with Gasteiger partial charge in [0, 0.05) is 24.5 Å². The van der Waals surface area contributed by atoms with Crippen molar-refractivity contribution in [2.45, 2.75) is 38.8 Å². The van der Waals surface area contributed by atoms with Crippen molar-refractivity contribution in [2.75, 3.05) is 13.1 Å². The molecule has 0 bridgehead atoms. The third-order valence-electron chi connectivity index (χ3n) is 4.67. The first-order valence-electron chi connectivity index (χ1n) is 9.00. The number of likely N-dealkylation sites (tertiary alicyclic amines) is 1. The highest BCUT2D eigenvalue weighted by atomic mass is 35.5. The van der Waals surface area contributed by atoms with E-state index < -0.39 is 0 Å². The average molecular weight is 357 g/mol. The SMILES string of the molecule is O=C(CCc1ccc(Cl)cc1)NCc1ccc(CN2CCCC2)cc1. The van der Waals surface area contributed by atoms with Gasteiger partial charge in [-0.25, -0.2) is 0 Å². The van der Waals surface area contributed by atoms with E-state index in [1.54, 1.807) is 0 Å². The number of rotatable bonds is 7. The largest absolute Gasteiger partial charge is 0.352 e. The number of nitrogens with zero attached hydrogens (tertiary/aromatic N) is 1. The Morgan fingerprint density at radius 2 is 1.52 bits per heavy atom. The van der Waals surface area contributed by atoms with Crippen molar-refractivity contribution in [3.8, 4) is 0 Å². The Morgan fingerprint density at radius 1 is 0.920 bits per heavy atom. The lowest BCUT2D eigenvalue weighted by Gasteiger charge is -2.14. The van der Waals surface area contributed by atoms with Crippen molar-refractivity contribution in [2.24, 2.45) is 0 Å². The quantitative estimate of drug-likeness (QED) is 0.807. The van der Waals surface area contributed by atoms with Gasteiger partial charge in [0.1, 0.15) is 0 Å². The summed E-state index contributed by atoms with van der Waals surface area (Å²) < 4.78 is 0. The highest BCUT2D eigenvalue weighted by molar-refractivity contribution is 6.30. The maximum atomic E-state index is 12.0. The maximum absolute atomic E-state index is 12.0. The molecule has 1 heterocycles.